The van der Waals surface area contributed by atoms with Gasteiger partial charge in [-0.2, -0.15) is 5.26 Å². The lowest BCUT2D eigenvalue weighted by Crippen LogP contribution is -2.64. The molecule has 8 heteroatoms. The molecule has 4 heterocycles. The summed E-state index contributed by atoms with van der Waals surface area (Å²) in [4.78, 5) is 28.6. The van der Waals surface area contributed by atoms with Gasteiger partial charge in [0.2, 0.25) is 11.9 Å². The average Bonchev–Trinajstić information content (AvgIpc) is 3.20. The summed E-state index contributed by atoms with van der Waals surface area (Å²) in [6, 6.07) is 5.60. The quantitative estimate of drug-likeness (QED) is 0.788. The van der Waals surface area contributed by atoms with Crippen molar-refractivity contribution in [3.63, 3.8) is 0 Å². The number of amides is 1. The Balaban J connectivity index is 1.58. The van der Waals surface area contributed by atoms with E-state index in [1.807, 2.05) is 17.2 Å². The first-order valence-electron chi connectivity index (χ1n) is 9.90. The number of anilines is 1. The lowest BCUT2D eigenvalue weighted by Gasteiger charge is -2.51. The van der Waals surface area contributed by atoms with Crippen LogP contribution in [-0.2, 0) is 9.53 Å². The fourth-order valence-electron chi connectivity index (χ4n) is 4.24. The number of rotatable bonds is 4. The van der Waals surface area contributed by atoms with Gasteiger partial charge in [0.15, 0.2) is 0 Å². The number of hydrogen-bond acceptors (Lipinski definition) is 6. The highest BCUT2D eigenvalue weighted by Crippen LogP contribution is 2.34. The molecular formula is C22H24N6O2. The summed E-state index contributed by atoms with van der Waals surface area (Å²) < 4.78 is 5.67. The van der Waals surface area contributed by atoms with Crippen LogP contribution in [0.3, 0.4) is 0 Å². The molecule has 2 saturated heterocycles. The summed E-state index contributed by atoms with van der Waals surface area (Å²) >= 11 is 0. The third-order valence-electron chi connectivity index (χ3n) is 5.96. The molecule has 4 rings (SSSR count). The first-order chi connectivity index (χ1) is 14.6. The number of aromatic amines is 1. The van der Waals surface area contributed by atoms with Gasteiger partial charge in [-0.15, -0.1) is 0 Å². The molecule has 2 aliphatic rings. The fourth-order valence-corrected chi connectivity index (χ4v) is 4.24. The summed E-state index contributed by atoms with van der Waals surface area (Å²) in [5.41, 5.74) is 0.923. The van der Waals surface area contributed by atoms with Crippen molar-refractivity contribution in [3.8, 4) is 6.07 Å². The predicted molar refractivity (Wildman–Crippen MR) is 113 cm³/mol. The normalized spacial score (nSPS) is 19.5. The molecule has 0 aromatic carbocycles. The zero-order valence-corrected chi connectivity index (χ0v) is 16.8. The van der Waals surface area contributed by atoms with Crippen molar-refractivity contribution in [2.45, 2.75) is 18.4 Å². The van der Waals surface area contributed by atoms with E-state index in [0.717, 1.165) is 29.0 Å². The number of nitrogens with zero attached hydrogens (tertiary/aromatic N) is 5. The highest BCUT2D eigenvalue weighted by atomic mass is 16.5. The second kappa shape index (κ2) is 8.13. The molecule has 154 valence electrons. The number of aromatic nitrogens is 3. The lowest BCUT2D eigenvalue weighted by atomic mass is 9.84. The number of hydrogen-bond donors (Lipinski definition) is 1. The Labute approximate surface area is 174 Å². The van der Waals surface area contributed by atoms with Crippen LogP contribution < -0.4 is 15.5 Å². The first kappa shape index (κ1) is 19.9. The zero-order valence-electron chi connectivity index (χ0n) is 16.8. The number of carbonyl (C=O) groups is 1. The van der Waals surface area contributed by atoms with E-state index >= 15 is 0 Å². The van der Waals surface area contributed by atoms with E-state index in [2.05, 4.69) is 39.1 Å². The minimum atomic E-state index is -0.384. The molecule has 30 heavy (non-hydrogen) atoms. The maximum Gasteiger partial charge on any atom is 0.249 e. The van der Waals surface area contributed by atoms with Gasteiger partial charge in [0, 0.05) is 42.6 Å². The number of H-pyrrole nitrogens is 1. The molecule has 0 atom stereocenters. The molecule has 1 spiro atoms. The van der Waals surface area contributed by atoms with Crippen LogP contribution in [0.25, 0.3) is 12.2 Å². The largest absolute Gasteiger partial charge is 0.369 e. The van der Waals surface area contributed by atoms with Crippen LogP contribution in [-0.4, -0.2) is 64.1 Å². The Kier molecular flexibility index (Phi) is 5.38. The molecule has 2 aromatic rings. The summed E-state index contributed by atoms with van der Waals surface area (Å²) in [6.07, 6.45) is 6.70. The molecular weight excluding hydrogens is 380 g/mol. The standard InChI is InChI=1S/C22H24N6O2/c1-3-17(19-5-9-24-16(19)2)13-28-20(29)14-30-15-22(28)6-10-27(11-7-22)21-25-8-4-18(12-23)26-21/h3-5,8-9,24H,1-2,6-7,10-11,13-15H2/b19-17+. The number of nitrogens with one attached hydrogen (secondary N) is 1. The SMILES string of the molecule is C=C/C(CN1C(=O)COCC12CCN(c1nccc(C#N)n1)CC2)=c1/cc[nH]c1=C. The van der Waals surface area contributed by atoms with Crippen LogP contribution in [0.5, 0.6) is 0 Å². The molecule has 1 N–H and O–H groups in total. The summed E-state index contributed by atoms with van der Waals surface area (Å²) in [5, 5.41) is 10.9. The molecule has 2 aliphatic heterocycles. The van der Waals surface area contributed by atoms with Crippen molar-refractivity contribution in [3.05, 3.63) is 53.4 Å². The van der Waals surface area contributed by atoms with E-state index in [1.165, 1.54) is 0 Å². The molecule has 8 nitrogen and oxygen atoms in total. The van der Waals surface area contributed by atoms with Crippen molar-refractivity contribution in [2.24, 2.45) is 0 Å². The number of ether oxygens (including phenoxy) is 1. The van der Waals surface area contributed by atoms with E-state index in [1.54, 1.807) is 18.3 Å². The van der Waals surface area contributed by atoms with E-state index in [0.29, 0.717) is 37.9 Å². The van der Waals surface area contributed by atoms with Crippen molar-refractivity contribution >= 4 is 24.0 Å². The minimum absolute atomic E-state index is 0.0158. The van der Waals surface area contributed by atoms with Gasteiger partial charge in [-0.25, -0.2) is 9.97 Å². The monoisotopic (exact) mass is 404 g/mol. The first-order valence-corrected chi connectivity index (χ1v) is 9.90. The Hall–Kier alpha value is -3.44. The van der Waals surface area contributed by atoms with Crippen molar-refractivity contribution < 1.29 is 9.53 Å². The van der Waals surface area contributed by atoms with Crippen LogP contribution in [0.15, 0.2) is 37.2 Å². The minimum Gasteiger partial charge on any atom is -0.369 e. The molecule has 0 saturated carbocycles. The van der Waals surface area contributed by atoms with Crippen molar-refractivity contribution in [2.75, 3.05) is 37.7 Å². The number of carbonyl (C=O) groups excluding carboxylic acids is 1. The molecule has 0 unspecified atom stereocenters. The molecule has 2 fully saturated rings. The van der Waals surface area contributed by atoms with E-state index < -0.39 is 0 Å². The zero-order chi connectivity index (χ0) is 21.1. The molecule has 1 amide bonds. The van der Waals surface area contributed by atoms with Gasteiger partial charge in [0.25, 0.3) is 0 Å². The molecule has 0 radical (unpaired) electrons. The maximum atomic E-state index is 12.9. The topological polar surface area (TPSA) is 98.1 Å². The third kappa shape index (κ3) is 3.60. The number of morpholine rings is 1. The van der Waals surface area contributed by atoms with Gasteiger partial charge in [-0.05, 0) is 30.5 Å². The van der Waals surface area contributed by atoms with Gasteiger partial charge < -0.3 is 19.5 Å². The predicted octanol–water partition coefficient (Wildman–Crippen LogP) is 0.321. The van der Waals surface area contributed by atoms with Gasteiger partial charge >= 0.3 is 0 Å². The fraction of sp³-hybridized carbons (Fsp3) is 0.364. The Morgan fingerprint density at radius 1 is 1.40 bits per heavy atom. The smallest absolute Gasteiger partial charge is 0.249 e. The van der Waals surface area contributed by atoms with Crippen LogP contribution in [0.1, 0.15) is 18.5 Å². The van der Waals surface area contributed by atoms with Crippen molar-refractivity contribution in [1.29, 1.82) is 5.26 Å². The molecule has 0 aliphatic carbocycles. The van der Waals surface area contributed by atoms with Crippen LogP contribution in [0.4, 0.5) is 5.95 Å². The Morgan fingerprint density at radius 2 is 2.20 bits per heavy atom. The van der Waals surface area contributed by atoms with Crippen LogP contribution in [0.2, 0.25) is 0 Å². The molecule has 0 bridgehead atoms. The summed E-state index contributed by atoms with van der Waals surface area (Å²) in [5.74, 6) is 0.531. The van der Waals surface area contributed by atoms with E-state index in [9.17, 15) is 4.79 Å². The van der Waals surface area contributed by atoms with Gasteiger partial charge in [0.05, 0.1) is 12.1 Å². The van der Waals surface area contributed by atoms with Gasteiger partial charge in [-0.1, -0.05) is 19.2 Å². The second-order valence-corrected chi connectivity index (χ2v) is 7.64. The van der Waals surface area contributed by atoms with Crippen LogP contribution >= 0.6 is 0 Å². The summed E-state index contributed by atoms with van der Waals surface area (Å²) in [7, 11) is 0. The highest BCUT2D eigenvalue weighted by molar-refractivity contribution is 5.81. The van der Waals surface area contributed by atoms with Gasteiger partial charge in [0.1, 0.15) is 18.4 Å². The Morgan fingerprint density at radius 3 is 2.87 bits per heavy atom. The highest BCUT2D eigenvalue weighted by Gasteiger charge is 2.45. The molecule has 2 aromatic heterocycles. The number of nitriles is 1. The maximum absolute atomic E-state index is 12.9. The Bertz CT molecular complexity index is 1110. The van der Waals surface area contributed by atoms with Crippen molar-refractivity contribution in [1.82, 2.24) is 19.9 Å². The second-order valence-electron chi connectivity index (χ2n) is 7.64. The van der Waals surface area contributed by atoms with E-state index in [4.69, 9.17) is 10.00 Å². The number of piperidine rings is 1. The lowest BCUT2D eigenvalue weighted by molar-refractivity contribution is -0.158. The summed E-state index contributed by atoms with van der Waals surface area (Å²) in [6.45, 7) is 10.4. The average molecular weight is 404 g/mol. The van der Waals surface area contributed by atoms with Crippen LogP contribution in [0, 0.1) is 11.3 Å². The third-order valence-corrected chi connectivity index (χ3v) is 5.96. The van der Waals surface area contributed by atoms with E-state index in [-0.39, 0.29) is 18.1 Å². The van der Waals surface area contributed by atoms with Gasteiger partial charge in [-0.3, -0.25) is 4.79 Å².